The second-order valence-electron chi connectivity index (χ2n) is 3.36. The maximum atomic E-state index is 3.74. The molecule has 0 aromatic carbocycles. The van der Waals surface area contributed by atoms with E-state index in [-0.39, 0.29) is 0 Å². The normalized spacial score (nSPS) is 41.8. The van der Waals surface area contributed by atoms with Crippen molar-refractivity contribution in [3.8, 4) is 0 Å². The van der Waals surface area contributed by atoms with Crippen LogP contribution < -0.4 is 0 Å². The highest BCUT2D eigenvalue weighted by atomic mass is 14.4. The fourth-order valence-corrected chi connectivity index (χ4v) is 1.70. The van der Waals surface area contributed by atoms with Crippen molar-refractivity contribution in [2.45, 2.75) is 26.7 Å². The zero-order valence-corrected chi connectivity index (χ0v) is 6.43. The molecule has 0 amide bonds. The average molecular weight is 124 g/mol. The van der Waals surface area contributed by atoms with Gasteiger partial charge >= 0.3 is 0 Å². The Hall–Kier alpha value is -0.260. The predicted octanol–water partition coefficient (Wildman–Crippen LogP) is 2.85. The first-order valence-electron chi connectivity index (χ1n) is 3.86. The zero-order chi connectivity index (χ0) is 6.85. The lowest BCUT2D eigenvalue weighted by atomic mass is 9.65. The van der Waals surface area contributed by atoms with Crippen LogP contribution in [0.1, 0.15) is 26.7 Å². The molecule has 9 heavy (non-hydrogen) atoms. The van der Waals surface area contributed by atoms with Gasteiger partial charge in [0.25, 0.3) is 0 Å². The fraction of sp³-hybridized carbons (Fsp3) is 0.778. The summed E-state index contributed by atoms with van der Waals surface area (Å²) < 4.78 is 0. The van der Waals surface area contributed by atoms with Crippen molar-refractivity contribution in [1.82, 2.24) is 0 Å². The minimum Gasteiger partial charge on any atom is -0.103 e. The van der Waals surface area contributed by atoms with Crippen LogP contribution in [0, 0.1) is 17.8 Å². The molecule has 0 saturated heterocycles. The summed E-state index contributed by atoms with van der Waals surface area (Å²) in [6, 6.07) is 0. The molecule has 1 aliphatic carbocycles. The van der Waals surface area contributed by atoms with Crippen LogP contribution in [-0.2, 0) is 0 Å². The molecule has 1 aliphatic rings. The first-order valence-corrected chi connectivity index (χ1v) is 3.86. The van der Waals surface area contributed by atoms with Gasteiger partial charge in [0, 0.05) is 0 Å². The molecule has 3 atom stereocenters. The van der Waals surface area contributed by atoms with Gasteiger partial charge in [0.15, 0.2) is 0 Å². The van der Waals surface area contributed by atoms with Gasteiger partial charge in [0.1, 0.15) is 0 Å². The van der Waals surface area contributed by atoms with Crippen LogP contribution in [0.5, 0.6) is 0 Å². The molecule has 1 saturated carbocycles. The summed E-state index contributed by atoms with van der Waals surface area (Å²) in [7, 11) is 0. The summed E-state index contributed by atoms with van der Waals surface area (Å²) in [5.41, 5.74) is 0. The van der Waals surface area contributed by atoms with Gasteiger partial charge in [-0.05, 0) is 30.6 Å². The molecule has 0 heterocycles. The minimum absolute atomic E-state index is 0.947. The third-order valence-corrected chi connectivity index (χ3v) is 2.79. The lowest BCUT2D eigenvalue weighted by Gasteiger charge is -2.40. The monoisotopic (exact) mass is 124 g/mol. The molecule has 3 unspecified atom stereocenters. The lowest BCUT2D eigenvalue weighted by molar-refractivity contribution is 0.106. The zero-order valence-electron chi connectivity index (χ0n) is 6.43. The predicted molar refractivity (Wildman–Crippen MR) is 41.2 cm³/mol. The molecule has 0 bridgehead atoms. The van der Waals surface area contributed by atoms with Gasteiger partial charge in [-0.3, -0.25) is 0 Å². The van der Waals surface area contributed by atoms with E-state index in [0.717, 1.165) is 17.8 Å². The van der Waals surface area contributed by atoms with Gasteiger partial charge in [-0.2, -0.15) is 0 Å². The molecule has 0 N–H and O–H groups in total. The van der Waals surface area contributed by atoms with Crippen molar-refractivity contribution in [3.05, 3.63) is 12.7 Å². The van der Waals surface area contributed by atoms with Gasteiger partial charge in [0.05, 0.1) is 0 Å². The average Bonchev–Trinajstić information content (AvgIpc) is 1.88. The van der Waals surface area contributed by atoms with Crippen LogP contribution in [0.4, 0.5) is 0 Å². The van der Waals surface area contributed by atoms with E-state index in [1.54, 1.807) is 0 Å². The molecule has 52 valence electrons. The second-order valence-corrected chi connectivity index (χ2v) is 3.36. The van der Waals surface area contributed by atoms with Gasteiger partial charge in [-0.1, -0.05) is 19.9 Å². The lowest BCUT2D eigenvalue weighted by Crippen LogP contribution is -2.31. The Morgan fingerprint density at radius 2 is 2.22 bits per heavy atom. The maximum Gasteiger partial charge on any atom is -0.0322 e. The van der Waals surface area contributed by atoms with Crippen molar-refractivity contribution < 1.29 is 0 Å². The van der Waals surface area contributed by atoms with E-state index in [1.165, 1.54) is 12.8 Å². The third kappa shape index (κ3) is 1.17. The summed E-state index contributed by atoms with van der Waals surface area (Å²) in [6.07, 6.45) is 4.70. The largest absolute Gasteiger partial charge is 0.103 e. The van der Waals surface area contributed by atoms with Crippen LogP contribution in [0.3, 0.4) is 0 Å². The van der Waals surface area contributed by atoms with E-state index in [0.29, 0.717) is 0 Å². The van der Waals surface area contributed by atoms with E-state index in [4.69, 9.17) is 0 Å². The van der Waals surface area contributed by atoms with E-state index < -0.39 is 0 Å². The van der Waals surface area contributed by atoms with Gasteiger partial charge < -0.3 is 0 Å². The highest BCUT2D eigenvalue weighted by molar-refractivity contribution is 4.87. The van der Waals surface area contributed by atoms with Gasteiger partial charge in [0.2, 0.25) is 0 Å². The standard InChI is InChI=1S/C9H16/c1-4-5-9-6-7(2)8(9)3/h4,7-9H,1,5-6H2,2-3H3. The van der Waals surface area contributed by atoms with Crippen LogP contribution >= 0.6 is 0 Å². The maximum absolute atomic E-state index is 3.74. The molecular weight excluding hydrogens is 108 g/mol. The van der Waals surface area contributed by atoms with E-state index in [9.17, 15) is 0 Å². The van der Waals surface area contributed by atoms with Crippen molar-refractivity contribution in [1.29, 1.82) is 0 Å². The summed E-state index contributed by atoms with van der Waals surface area (Å²) in [6.45, 7) is 8.43. The van der Waals surface area contributed by atoms with Crippen molar-refractivity contribution in [2.75, 3.05) is 0 Å². The summed E-state index contributed by atoms with van der Waals surface area (Å²) >= 11 is 0. The number of allylic oxidation sites excluding steroid dienone is 1. The highest BCUT2D eigenvalue weighted by Gasteiger charge is 2.32. The Kier molecular flexibility index (Phi) is 1.94. The molecule has 0 aromatic rings. The van der Waals surface area contributed by atoms with E-state index in [2.05, 4.69) is 20.4 Å². The molecule has 0 nitrogen and oxygen atoms in total. The van der Waals surface area contributed by atoms with Crippen molar-refractivity contribution in [3.63, 3.8) is 0 Å². The van der Waals surface area contributed by atoms with Gasteiger partial charge in [-0.25, -0.2) is 0 Å². The first kappa shape index (κ1) is 6.85. The van der Waals surface area contributed by atoms with E-state index >= 15 is 0 Å². The molecule has 0 aliphatic heterocycles. The quantitative estimate of drug-likeness (QED) is 0.496. The highest BCUT2D eigenvalue weighted by Crippen LogP contribution is 2.41. The minimum atomic E-state index is 0.947. The second kappa shape index (κ2) is 2.55. The van der Waals surface area contributed by atoms with Crippen LogP contribution in [-0.4, -0.2) is 0 Å². The molecule has 0 radical (unpaired) electrons. The Labute approximate surface area is 58.0 Å². The fourth-order valence-electron chi connectivity index (χ4n) is 1.70. The summed E-state index contributed by atoms with van der Waals surface area (Å²) in [5.74, 6) is 2.87. The Morgan fingerprint density at radius 3 is 2.56 bits per heavy atom. The van der Waals surface area contributed by atoms with E-state index in [1.807, 2.05) is 6.08 Å². The van der Waals surface area contributed by atoms with Crippen LogP contribution in [0.25, 0.3) is 0 Å². The summed E-state index contributed by atoms with van der Waals surface area (Å²) in [4.78, 5) is 0. The molecule has 0 heteroatoms. The number of hydrogen-bond acceptors (Lipinski definition) is 0. The molecule has 0 aromatic heterocycles. The van der Waals surface area contributed by atoms with Crippen molar-refractivity contribution in [2.24, 2.45) is 17.8 Å². The Balaban J connectivity index is 2.24. The smallest absolute Gasteiger partial charge is 0.0322 e. The number of hydrogen-bond donors (Lipinski definition) is 0. The summed E-state index contributed by atoms with van der Waals surface area (Å²) in [5, 5.41) is 0. The molecule has 0 spiro atoms. The first-order chi connectivity index (χ1) is 4.25. The number of rotatable bonds is 2. The Bertz CT molecular complexity index is 105. The molecule has 1 fully saturated rings. The third-order valence-electron chi connectivity index (χ3n) is 2.79. The molecule has 1 rings (SSSR count). The van der Waals surface area contributed by atoms with Crippen molar-refractivity contribution >= 4 is 0 Å². The molecular formula is C9H16. The SMILES string of the molecule is C=CCC1CC(C)C1C. The Morgan fingerprint density at radius 1 is 1.56 bits per heavy atom. The van der Waals surface area contributed by atoms with Crippen LogP contribution in [0.15, 0.2) is 12.7 Å². The van der Waals surface area contributed by atoms with Gasteiger partial charge in [-0.15, -0.1) is 6.58 Å². The topological polar surface area (TPSA) is 0 Å². The van der Waals surface area contributed by atoms with Crippen LogP contribution in [0.2, 0.25) is 0 Å².